The van der Waals surface area contributed by atoms with Crippen LogP contribution < -0.4 is 5.73 Å². The Morgan fingerprint density at radius 2 is 1.65 bits per heavy atom. The second-order valence-corrected chi connectivity index (χ2v) is 10.9. The molecule has 2 N–H and O–H groups in total. The highest BCUT2D eigenvalue weighted by Gasteiger charge is 2.56. The van der Waals surface area contributed by atoms with Crippen LogP contribution >= 0.6 is 0 Å². The van der Waals surface area contributed by atoms with Crippen molar-refractivity contribution in [2.45, 2.75) is 39.5 Å². The molecule has 0 bridgehead atoms. The number of carbonyl (C=O) groups excluding carboxylic acids is 3. The molecule has 0 unspecified atom stereocenters. The first-order valence-corrected chi connectivity index (χ1v) is 13.0. The zero-order valence-corrected chi connectivity index (χ0v) is 22.5. The Kier molecular flexibility index (Phi) is 8.34. The van der Waals surface area contributed by atoms with E-state index in [4.69, 9.17) is 10.5 Å². The van der Waals surface area contributed by atoms with Crippen molar-refractivity contribution in [3.63, 3.8) is 0 Å². The smallest absolute Gasteiger partial charge is 0.376 e. The van der Waals surface area contributed by atoms with E-state index < -0.39 is 47.2 Å². The molecule has 0 aliphatic carbocycles. The van der Waals surface area contributed by atoms with Gasteiger partial charge in [-0.15, -0.1) is 0 Å². The third kappa shape index (κ3) is 6.19. The van der Waals surface area contributed by atoms with Gasteiger partial charge in [-0.1, -0.05) is 74.5 Å². The summed E-state index contributed by atoms with van der Waals surface area (Å²) in [5.41, 5.74) is 4.87. The summed E-state index contributed by atoms with van der Waals surface area (Å²) in [6.07, 6.45) is -4.44. The van der Waals surface area contributed by atoms with Crippen LogP contribution in [-0.4, -0.2) is 65.8 Å². The molecular weight excluding hydrogens is 525 g/mol. The number of hydrogen-bond acceptors (Lipinski definition) is 5. The van der Waals surface area contributed by atoms with Crippen LogP contribution in [0.1, 0.15) is 31.4 Å². The number of rotatable bonds is 10. The zero-order valence-electron chi connectivity index (χ0n) is 22.5. The van der Waals surface area contributed by atoms with E-state index >= 15 is 0 Å². The molecule has 40 heavy (non-hydrogen) atoms. The van der Waals surface area contributed by atoms with E-state index in [0.29, 0.717) is 10.7 Å². The van der Waals surface area contributed by atoms with Crippen molar-refractivity contribution in [1.82, 2.24) is 9.91 Å². The summed E-state index contributed by atoms with van der Waals surface area (Å²) in [5, 5.41) is 4.56. The summed E-state index contributed by atoms with van der Waals surface area (Å²) in [4.78, 5) is 41.4. The third-order valence-corrected chi connectivity index (χ3v) is 7.71. The predicted octanol–water partition coefficient (Wildman–Crippen LogP) is 3.55. The number of primary amides is 1. The molecule has 2 aliphatic heterocycles. The monoisotopic (exact) mass is 558 g/mol. The number of nitrogens with two attached hydrogens (primary N) is 1. The number of halogens is 3. The number of ether oxygens (including phenoxy) is 1. The lowest BCUT2D eigenvalue weighted by Gasteiger charge is -2.42. The lowest BCUT2D eigenvalue weighted by Crippen LogP contribution is -2.59. The molecule has 1 fully saturated rings. The Morgan fingerprint density at radius 3 is 2.23 bits per heavy atom. The van der Waals surface area contributed by atoms with Crippen molar-refractivity contribution in [2.24, 2.45) is 27.6 Å². The maximum Gasteiger partial charge on any atom is 0.408 e. The van der Waals surface area contributed by atoms with Gasteiger partial charge in [0, 0.05) is 19.5 Å². The van der Waals surface area contributed by atoms with E-state index in [2.05, 4.69) is 5.10 Å². The minimum Gasteiger partial charge on any atom is -0.376 e. The Hall–Kier alpha value is -3.73. The molecule has 2 aromatic rings. The van der Waals surface area contributed by atoms with Crippen LogP contribution in [0.2, 0.25) is 0 Å². The highest BCUT2D eigenvalue weighted by atomic mass is 19.4. The van der Waals surface area contributed by atoms with Crippen molar-refractivity contribution < 1.29 is 32.3 Å². The van der Waals surface area contributed by atoms with Crippen molar-refractivity contribution in [3.05, 3.63) is 71.8 Å². The Morgan fingerprint density at radius 1 is 1.05 bits per heavy atom. The van der Waals surface area contributed by atoms with E-state index in [9.17, 15) is 27.6 Å². The van der Waals surface area contributed by atoms with Crippen LogP contribution in [0.5, 0.6) is 0 Å². The lowest BCUT2D eigenvalue weighted by molar-refractivity contribution is -0.164. The van der Waals surface area contributed by atoms with Crippen LogP contribution in [-0.2, 0) is 32.1 Å². The molecule has 2 aliphatic rings. The Balaban J connectivity index is 1.61. The highest BCUT2D eigenvalue weighted by molar-refractivity contribution is 6.13. The van der Waals surface area contributed by atoms with Gasteiger partial charge >= 0.3 is 6.18 Å². The predicted molar refractivity (Wildman–Crippen MR) is 142 cm³/mol. The van der Waals surface area contributed by atoms with Crippen molar-refractivity contribution in [1.29, 1.82) is 0 Å². The second kappa shape index (κ2) is 11.4. The standard InChI is InChI=1S/C29H33F3N4O4/c1-27(2,25(33)38)22(17-40-16-21-11-7-4-8-12-21)24(37)35-14-13-23-28(18-35,15-20-9-5-3-6-10-20)26(39)36(34-23)19-29(30,31)32/h3-12,22H,13-19H2,1-2H3,(H2,33,38)/t22-,28-/m1/s1. The third-order valence-electron chi connectivity index (χ3n) is 7.71. The molecule has 0 radical (unpaired) electrons. The van der Waals surface area contributed by atoms with E-state index in [-0.39, 0.29) is 39.1 Å². The maximum absolute atomic E-state index is 14.0. The summed E-state index contributed by atoms with van der Waals surface area (Å²) in [6.45, 7) is 1.67. The zero-order chi connectivity index (χ0) is 29.1. The lowest BCUT2D eigenvalue weighted by atomic mass is 9.72. The van der Waals surface area contributed by atoms with E-state index in [0.717, 1.165) is 11.1 Å². The molecule has 0 saturated carbocycles. The largest absolute Gasteiger partial charge is 0.408 e. The summed E-state index contributed by atoms with van der Waals surface area (Å²) >= 11 is 0. The highest BCUT2D eigenvalue weighted by Crippen LogP contribution is 2.41. The van der Waals surface area contributed by atoms with Crippen LogP contribution in [0.25, 0.3) is 0 Å². The van der Waals surface area contributed by atoms with E-state index in [1.165, 1.54) is 4.90 Å². The molecule has 11 heteroatoms. The van der Waals surface area contributed by atoms with Crippen LogP contribution in [0, 0.1) is 16.7 Å². The number of hydrogen-bond donors (Lipinski definition) is 1. The van der Waals surface area contributed by atoms with Gasteiger partial charge in [-0.3, -0.25) is 14.4 Å². The summed E-state index contributed by atoms with van der Waals surface area (Å²) in [7, 11) is 0. The molecule has 8 nitrogen and oxygen atoms in total. The number of amides is 3. The van der Waals surface area contributed by atoms with Gasteiger partial charge in [-0.2, -0.15) is 18.3 Å². The molecule has 2 heterocycles. The number of alkyl halides is 3. The normalized spacial score (nSPS) is 20.2. The molecule has 2 atom stereocenters. The summed E-state index contributed by atoms with van der Waals surface area (Å²) < 4.78 is 45.7. The number of likely N-dealkylation sites (tertiary alicyclic amines) is 1. The molecule has 2 aromatic carbocycles. The molecule has 214 valence electrons. The number of nitrogens with zero attached hydrogens (tertiary/aromatic N) is 3. The molecular formula is C29H33F3N4O4. The van der Waals surface area contributed by atoms with Gasteiger partial charge in [0.15, 0.2) is 0 Å². The number of benzene rings is 2. The first-order valence-electron chi connectivity index (χ1n) is 13.0. The average Bonchev–Trinajstić information content (AvgIpc) is 3.16. The molecule has 0 aromatic heterocycles. The fourth-order valence-electron chi connectivity index (χ4n) is 5.24. The fraction of sp³-hybridized carbons (Fsp3) is 0.448. The van der Waals surface area contributed by atoms with Gasteiger partial charge < -0.3 is 15.4 Å². The van der Waals surface area contributed by atoms with Crippen LogP contribution in [0.3, 0.4) is 0 Å². The molecule has 3 amide bonds. The SMILES string of the molecule is CC(C)(C(N)=O)[C@H](COCc1ccccc1)C(=O)N1CCC2=NN(CC(F)(F)F)C(=O)[C@]2(Cc2ccccc2)C1. The minimum atomic E-state index is -4.64. The van der Waals surface area contributed by atoms with Crippen molar-refractivity contribution in [3.8, 4) is 0 Å². The first-order chi connectivity index (χ1) is 18.8. The van der Waals surface area contributed by atoms with E-state index in [1.807, 2.05) is 30.3 Å². The van der Waals surface area contributed by atoms with Crippen LogP contribution in [0.4, 0.5) is 13.2 Å². The number of hydrazone groups is 1. The maximum atomic E-state index is 14.0. The fourth-order valence-corrected chi connectivity index (χ4v) is 5.24. The van der Waals surface area contributed by atoms with Crippen molar-refractivity contribution in [2.75, 3.05) is 26.2 Å². The number of piperidine rings is 1. The van der Waals surface area contributed by atoms with Crippen molar-refractivity contribution >= 4 is 23.4 Å². The minimum absolute atomic E-state index is 0.0814. The number of carbonyl (C=O) groups is 3. The first kappa shape index (κ1) is 29.3. The molecule has 1 saturated heterocycles. The Bertz CT molecular complexity index is 1270. The van der Waals surface area contributed by atoms with E-state index in [1.54, 1.807) is 44.2 Å². The van der Waals surface area contributed by atoms with Gasteiger partial charge in [-0.25, -0.2) is 5.01 Å². The quantitative estimate of drug-likeness (QED) is 0.482. The van der Waals surface area contributed by atoms with Gasteiger partial charge in [0.2, 0.25) is 11.8 Å². The molecule has 4 rings (SSSR count). The topological polar surface area (TPSA) is 105 Å². The van der Waals surface area contributed by atoms with Gasteiger partial charge in [0.1, 0.15) is 12.0 Å². The Labute approximate surface area is 231 Å². The average molecular weight is 559 g/mol. The molecule has 0 spiro atoms. The van der Waals surface area contributed by atoms with Gasteiger partial charge in [-0.05, 0) is 17.5 Å². The second-order valence-electron chi connectivity index (χ2n) is 10.9. The van der Waals surface area contributed by atoms with Gasteiger partial charge in [0.25, 0.3) is 5.91 Å². The summed E-state index contributed by atoms with van der Waals surface area (Å²) in [5.74, 6) is -2.93. The van der Waals surface area contributed by atoms with Crippen LogP contribution in [0.15, 0.2) is 65.8 Å². The van der Waals surface area contributed by atoms with Gasteiger partial charge in [0.05, 0.1) is 30.3 Å². The number of fused-ring (bicyclic) bond motifs is 1. The summed E-state index contributed by atoms with van der Waals surface area (Å²) in [6, 6.07) is 18.2.